The molecule has 0 saturated carbocycles. The second-order valence-corrected chi connectivity index (χ2v) is 3.56. The van der Waals surface area contributed by atoms with Crippen molar-refractivity contribution in [2.75, 3.05) is 6.61 Å². The number of cyclic esters (lactones) is 1. The van der Waals surface area contributed by atoms with Gasteiger partial charge in [-0.3, -0.25) is 0 Å². The van der Waals surface area contributed by atoms with Crippen LogP contribution in [0.5, 0.6) is 11.5 Å². The van der Waals surface area contributed by atoms with Gasteiger partial charge in [0.05, 0.1) is 6.04 Å². The zero-order chi connectivity index (χ0) is 13.3. The average molecular weight is 263 g/mol. The molecule has 1 aromatic rings. The van der Waals surface area contributed by atoms with Crippen molar-refractivity contribution < 1.29 is 32.5 Å². The number of phenolic OH excluding ortho intramolecular Hbond substituents is 1. The van der Waals surface area contributed by atoms with Crippen molar-refractivity contribution in [3.8, 4) is 11.5 Å². The van der Waals surface area contributed by atoms with Crippen molar-refractivity contribution >= 4 is 6.09 Å². The summed E-state index contributed by atoms with van der Waals surface area (Å²) < 4.78 is 44.4. The van der Waals surface area contributed by atoms with Gasteiger partial charge in [-0.15, -0.1) is 13.2 Å². The third-order valence-electron chi connectivity index (χ3n) is 2.28. The Morgan fingerprint density at radius 1 is 1.44 bits per heavy atom. The van der Waals surface area contributed by atoms with Gasteiger partial charge in [-0.2, -0.15) is 0 Å². The first kappa shape index (κ1) is 12.3. The average Bonchev–Trinajstić information content (AvgIpc) is 2.66. The molecule has 1 amide bonds. The number of hydrogen-bond donors (Lipinski definition) is 2. The molecule has 1 saturated heterocycles. The highest BCUT2D eigenvalue weighted by atomic mass is 19.4. The first-order valence-electron chi connectivity index (χ1n) is 4.87. The topological polar surface area (TPSA) is 67.8 Å². The molecular formula is C10H8F3NO4. The maximum atomic E-state index is 12.0. The summed E-state index contributed by atoms with van der Waals surface area (Å²) in [5.41, 5.74) is 0.0996. The maximum absolute atomic E-state index is 12.0. The first-order valence-corrected chi connectivity index (χ1v) is 4.87. The van der Waals surface area contributed by atoms with E-state index in [1.165, 1.54) is 0 Å². The zero-order valence-corrected chi connectivity index (χ0v) is 8.82. The van der Waals surface area contributed by atoms with Crippen LogP contribution < -0.4 is 10.1 Å². The van der Waals surface area contributed by atoms with E-state index in [9.17, 15) is 23.1 Å². The van der Waals surface area contributed by atoms with Gasteiger partial charge in [0, 0.05) is 5.56 Å². The molecule has 1 aromatic carbocycles. The van der Waals surface area contributed by atoms with Crippen LogP contribution in [0.15, 0.2) is 18.2 Å². The third-order valence-corrected chi connectivity index (χ3v) is 2.28. The van der Waals surface area contributed by atoms with E-state index in [0.29, 0.717) is 0 Å². The summed E-state index contributed by atoms with van der Waals surface area (Å²) in [6, 6.07) is 2.34. The van der Waals surface area contributed by atoms with E-state index < -0.39 is 24.2 Å². The number of carbonyl (C=O) groups is 1. The fourth-order valence-corrected chi connectivity index (χ4v) is 1.56. The van der Waals surface area contributed by atoms with E-state index in [-0.39, 0.29) is 17.9 Å². The number of phenols is 1. The Kier molecular flexibility index (Phi) is 2.93. The van der Waals surface area contributed by atoms with Gasteiger partial charge in [-0.05, 0) is 18.2 Å². The van der Waals surface area contributed by atoms with Crippen molar-refractivity contribution in [2.24, 2.45) is 0 Å². The van der Waals surface area contributed by atoms with Gasteiger partial charge in [0.25, 0.3) is 0 Å². The fourth-order valence-electron chi connectivity index (χ4n) is 1.56. The number of benzene rings is 1. The summed E-state index contributed by atoms with van der Waals surface area (Å²) in [5.74, 6) is -0.725. The lowest BCUT2D eigenvalue weighted by Gasteiger charge is -2.13. The predicted octanol–water partition coefficient (Wildman–Crippen LogP) is 2.07. The van der Waals surface area contributed by atoms with E-state index in [1.54, 1.807) is 0 Å². The number of hydrogen-bond acceptors (Lipinski definition) is 4. The Bertz CT molecular complexity index is 475. The molecule has 0 radical (unpaired) electrons. The molecule has 0 aliphatic carbocycles. The van der Waals surface area contributed by atoms with Gasteiger partial charge in [0.15, 0.2) is 0 Å². The lowest BCUT2D eigenvalue weighted by atomic mass is 10.1. The fraction of sp³-hybridized carbons (Fsp3) is 0.300. The Hall–Kier alpha value is -2.12. The molecule has 98 valence electrons. The molecule has 0 unspecified atom stereocenters. The largest absolute Gasteiger partial charge is 0.573 e. The van der Waals surface area contributed by atoms with Crippen LogP contribution in [-0.2, 0) is 4.74 Å². The smallest absolute Gasteiger partial charge is 0.508 e. The number of alkyl carbamates (subject to hydrolysis) is 1. The summed E-state index contributed by atoms with van der Waals surface area (Å²) >= 11 is 0. The number of alkyl halides is 3. The molecule has 8 heteroatoms. The van der Waals surface area contributed by atoms with Crippen molar-refractivity contribution in [2.45, 2.75) is 12.4 Å². The monoisotopic (exact) mass is 263 g/mol. The van der Waals surface area contributed by atoms with Crippen LogP contribution in [0.3, 0.4) is 0 Å². The lowest BCUT2D eigenvalue weighted by Crippen LogP contribution is -2.20. The Labute approximate surface area is 99.1 Å². The van der Waals surface area contributed by atoms with Crippen molar-refractivity contribution in [1.82, 2.24) is 5.32 Å². The number of rotatable bonds is 2. The van der Waals surface area contributed by atoms with Crippen LogP contribution in [0.2, 0.25) is 0 Å². The van der Waals surface area contributed by atoms with E-state index in [1.807, 2.05) is 0 Å². The number of amides is 1. The van der Waals surface area contributed by atoms with Crippen LogP contribution in [0.4, 0.5) is 18.0 Å². The van der Waals surface area contributed by atoms with Crippen molar-refractivity contribution in [3.63, 3.8) is 0 Å². The highest BCUT2D eigenvalue weighted by molar-refractivity contribution is 5.70. The molecule has 1 fully saturated rings. The molecule has 0 bridgehead atoms. The van der Waals surface area contributed by atoms with Gasteiger partial charge < -0.3 is 19.9 Å². The summed E-state index contributed by atoms with van der Waals surface area (Å²) in [6.45, 7) is -0.0676. The molecule has 0 aromatic heterocycles. The van der Waals surface area contributed by atoms with E-state index >= 15 is 0 Å². The van der Waals surface area contributed by atoms with Gasteiger partial charge >= 0.3 is 12.5 Å². The molecular weight excluding hydrogens is 255 g/mol. The Morgan fingerprint density at radius 3 is 2.72 bits per heavy atom. The third kappa shape index (κ3) is 2.76. The maximum Gasteiger partial charge on any atom is 0.573 e. The van der Waals surface area contributed by atoms with Crippen LogP contribution in [0.1, 0.15) is 11.6 Å². The minimum absolute atomic E-state index is 0.0676. The molecule has 2 N–H and O–H groups in total. The molecule has 1 heterocycles. The molecule has 2 rings (SSSR count). The van der Waals surface area contributed by atoms with Gasteiger partial charge in [0.2, 0.25) is 0 Å². The standard InChI is InChI=1S/C10H8F3NO4/c11-10(12,13)18-5-1-2-8(15)6(3-5)7-4-17-9(16)14-7/h1-3,7,15H,4H2,(H,14,16)/t7-/m1/s1. The van der Waals surface area contributed by atoms with Crippen molar-refractivity contribution in [1.29, 1.82) is 0 Å². The van der Waals surface area contributed by atoms with Crippen LogP contribution in [-0.4, -0.2) is 24.2 Å². The Morgan fingerprint density at radius 2 is 2.17 bits per heavy atom. The number of halogens is 3. The number of aromatic hydroxyl groups is 1. The number of nitrogens with one attached hydrogen (secondary N) is 1. The minimum atomic E-state index is -4.82. The molecule has 1 aliphatic rings. The van der Waals surface area contributed by atoms with E-state index in [4.69, 9.17) is 0 Å². The number of carbonyl (C=O) groups excluding carboxylic acids is 1. The number of ether oxygens (including phenoxy) is 2. The van der Waals surface area contributed by atoms with Crippen LogP contribution in [0, 0.1) is 0 Å². The lowest BCUT2D eigenvalue weighted by molar-refractivity contribution is -0.274. The zero-order valence-electron chi connectivity index (χ0n) is 8.82. The van der Waals surface area contributed by atoms with Crippen LogP contribution in [0.25, 0.3) is 0 Å². The first-order chi connectivity index (χ1) is 8.35. The highest BCUT2D eigenvalue weighted by Crippen LogP contribution is 2.32. The second kappa shape index (κ2) is 4.28. The van der Waals surface area contributed by atoms with Gasteiger partial charge in [0.1, 0.15) is 18.1 Å². The molecule has 5 nitrogen and oxygen atoms in total. The summed E-state index contributed by atoms with van der Waals surface area (Å²) in [5, 5.41) is 11.9. The molecule has 1 aliphatic heterocycles. The van der Waals surface area contributed by atoms with E-state index in [2.05, 4.69) is 14.8 Å². The summed E-state index contributed by atoms with van der Waals surface area (Å²) in [4.78, 5) is 10.8. The van der Waals surface area contributed by atoms with Gasteiger partial charge in [-0.25, -0.2) is 4.79 Å². The van der Waals surface area contributed by atoms with Crippen molar-refractivity contribution in [3.05, 3.63) is 23.8 Å². The molecule has 18 heavy (non-hydrogen) atoms. The highest BCUT2D eigenvalue weighted by Gasteiger charge is 2.32. The second-order valence-electron chi connectivity index (χ2n) is 3.56. The molecule has 1 atom stereocenters. The Balaban J connectivity index is 2.24. The minimum Gasteiger partial charge on any atom is -0.508 e. The SMILES string of the molecule is O=C1N[C@@H](c2cc(OC(F)(F)F)ccc2O)CO1. The van der Waals surface area contributed by atoms with Gasteiger partial charge in [-0.1, -0.05) is 0 Å². The molecule has 0 spiro atoms. The quantitative estimate of drug-likeness (QED) is 0.857. The summed E-state index contributed by atoms with van der Waals surface area (Å²) in [7, 11) is 0. The van der Waals surface area contributed by atoms with E-state index in [0.717, 1.165) is 18.2 Å². The summed E-state index contributed by atoms with van der Waals surface area (Å²) in [6.07, 6.45) is -5.51. The normalized spacial score (nSPS) is 19.3. The van der Waals surface area contributed by atoms with Crippen LogP contribution >= 0.6 is 0 Å². The predicted molar refractivity (Wildman–Crippen MR) is 52.0 cm³/mol.